The van der Waals surface area contributed by atoms with Crippen molar-refractivity contribution in [3.8, 4) is 0 Å². The van der Waals surface area contributed by atoms with E-state index in [1.54, 1.807) is 6.92 Å². The van der Waals surface area contributed by atoms with Gasteiger partial charge in [0, 0.05) is 5.39 Å². The van der Waals surface area contributed by atoms with Crippen LogP contribution in [0.25, 0.3) is 10.8 Å². The van der Waals surface area contributed by atoms with Crippen molar-refractivity contribution in [2.45, 2.75) is 6.92 Å². The molecule has 0 aliphatic heterocycles. The van der Waals surface area contributed by atoms with Crippen LogP contribution in [0.3, 0.4) is 0 Å². The molecule has 3 rings (SSSR count). The number of nitrogens with one attached hydrogen (secondary N) is 3. The number of benzene rings is 2. The van der Waals surface area contributed by atoms with Crippen LogP contribution >= 0.6 is 0 Å². The van der Waals surface area contributed by atoms with Gasteiger partial charge in [0.25, 0.3) is 0 Å². The number of urea groups is 1. The summed E-state index contributed by atoms with van der Waals surface area (Å²) < 4.78 is 0. The standard InChI is InChI=1S/C14H13N5O/c1-9-15-13(19-18-9)17-14(20)16-12-8-4-6-10-5-2-3-7-11(10)12/h2-8H,1H3,(H3,15,16,17,18,19,20). The Hall–Kier alpha value is -2.89. The molecule has 3 aromatic rings. The molecule has 0 aliphatic carbocycles. The molecule has 2 amide bonds. The van der Waals surface area contributed by atoms with E-state index in [0.717, 1.165) is 16.5 Å². The molecule has 100 valence electrons. The van der Waals surface area contributed by atoms with Crippen molar-refractivity contribution in [1.29, 1.82) is 0 Å². The minimum absolute atomic E-state index is 0.250. The number of rotatable bonds is 2. The lowest BCUT2D eigenvalue weighted by Crippen LogP contribution is -2.20. The summed E-state index contributed by atoms with van der Waals surface area (Å²) in [7, 11) is 0. The second-order valence-corrected chi connectivity index (χ2v) is 4.35. The van der Waals surface area contributed by atoms with Crippen LogP contribution in [0.5, 0.6) is 0 Å². The third kappa shape index (κ3) is 2.44. The second kappa shape index (κ2) is 5.00. The van der Waals surface area contributed by atoms with Crippen molar-refractivity contribution in [1.82, 2.24) is 15.2 Å². The molecule has 0 spiro atoms. The maximum Gasteiger partial charge on any atom is 0.326 e. The first-order valence-electron chi connectivity index (χ1n) is 6.17. The zero-order chi connectivity index (χ0) is 13.9. The van der Waals surface area contributed by atoms with Crippen LogP contribution in [-0.4, -0.2) is 21.2 Å². The number of aromatic nitrogens is 3. The van der Waals surface area contributed by atoms with Gasteiger partial charge >= 0.3 is 6.03 Å². The SMILES string of the molecule is Cc1nc(NC(=O)Nc2cccc3ccccc23)n[nH]1. The van der Waals surface area contributed by atoms with Crippen molar-refractivity contribution in [2.75, 3.05) is 10.6 Å². The van der Waals surface area contributed by atoms with Crippen LogP contribution in [-0.2, 0) is 0 Å². The number of carbonyl (C=O) groups is 1. The van der Waals surface area contributed by atoms with Gasteiger partial charge in [-0.25, -0.2) is 4.79 Å². The van der Waals surface area contributed by atoms with E-state index >= 15 is 0 Å². The lowest BCUT2D eigenvalue weighted by atomic mass is 10.1. The van der Waals surface area contributed by atoms with Gasteiger partial charge < -0.3 is 5.32 Å². The van der Waals surface area contributed by atoms with Gasteiger partial charge in [-0.15, -0.1) is 5.10 Å². The minimum Gasteiger partial charge on any atom is -0.307 e. The number of anilines is 2. The molecule has 0 aliphatic rings. The average molecular weight is 267 g/mol. The van der Waals surface area contributed by atoms with Gasteiger partial charge in [0.05, 0.1) is 5.69 Å². The lowest BCUT2D eigenvalue weighted by Gasteiger charge is -2.08. The van der Waals surface area contributed by atoms with E-state index in [1.165, 1.54) is 0 Å². The fraction of sp³-hybridized carbons (Fsp3) is 0.0714. The summed E-state index contributed by atoms with van der Waals surface area (Å²) in [6, 6.07) is 13.2. The van der Waals surface area contributed by atoms with Gasteiger partial charge in [-0.05, 0) is 18.4 Å². The number of nitrogens with zero attached hydrogens (tertiary/aromatic N) is 2. The molecular weight excluding hydrogens is 254 g/mol. The minimum atomic E-state index is -0.375. The molecule has 0 atom stereocenters. The Kier molecular flexibility index (Phi) is 3.04. The van der Waals surface area contributed by atoms with E-state index in [2.05, 4.69) is 25.8 Å². The first kappa shape index (κ1) is 12.2. The molecule has 20 heavy (non-hydrogen) atoms. The fourth-order valence-electron chi connectivity index (χ4n) is 1.99. The monoisotopic (exact) mass is 267 g/mol. The Morgan fingerprint density at radius 3 is 2.70 bits per heavy atom. The first-order valence-corrected chi connectivity index (χ1v) is 6.17. The summed E-state index contributed by atoms with van der Waals surface area (Å²) in [6.45, 7) is 1.76. The number of aryl methyl sites for hydroxylation is 1. The molecule has 0 radical (unpaired) electrons. The maximum atomic E-state index is 11.9. The Labute approximate surface area is 115 Å². The van der Waals surface area contributed by atoms with Gasteiger partial charge in [0.15, 0.2) is 0 Å². The van der Waals surface area contributed by atoms with Crippen molar-refractivity contribution in [3.63, 3.8) is 0 Å². The Morgan fingerprint density at radius 2 is 1.90 bits per heavy atom. The van der Waals surface area contributed by atoms with Crippen molar-refractivity contribution in [3.05, 3.63) is 48.3 Å². The molecule has 0 fully saturated rings. The summed E-state index contributed by atoms with van der Waals surface area (Å²) in [5.74, 6) is 0.894. The highest BCUT2D eigenvalue weighted by atomic mass is 16.2. The second-order valence-electron chi connectivity index (χ2n) is 4.35. The fourth-order valence-corrected chi connectivity index (χ4v) is 1.99. The van der Waals surface area contributed by atoms with Crippen LogP contribution in [0, 0.1) is 6.92 Å². The summed E-state index contributed by atoms with van der Waals surface area (Å²) in [5.41, 5.74) is 0.743. The highest BCUT2D eigenvalue weighted by molar-refractivity contribution is 6.05. The van der Waals surface area contributed by atoms with E-state index in [4.69, 9.17) is 0 Å². The highest BCUT2D eigenvalue weighted by Gasteiger charge is 2.07. The number of carbonyl (C=O) groups excluding carboxylic acids is 1. The largest absolute Gasteiger partial charge is 0.326 e. The number of aromatic amines is 1. The van der Waals surface area contributed by atoms with E-state index in [-0.39, 0.29) is 12.0 Å². The first-order chi connectivity index (χ1) is 9.72. The zero-order valence-electron chi connectivity index (χ0n) is 10.8. The van der Waals surface area contributed by atoms with E-state index in [0.29, 0.717) is 5.82 Å². The third-order valence-electron chi connectivity index (χ3n) is 2.86. The van der Waals surface area contributed by atoms with Gasteiger partial charge in [0.1, 0.15) is 5.82 Å². The number of hydrogen-bond donors (Lipinski definition) is 3. The summed E-state index contributed by atoms with van der Waals surface area (Å²) >= 11 is 0. The Bertz CT molecular complexity index is 760. The number of hydrogen-bond acceptors (Lipinski definition) is 3. The van der Waals surface area contributed by atoms with E-state index in [1.807, 2.05) is 42.5 Å². The topological polar surface area (TPSA) is 82.7 Å². The molecule has 2 aromatic carbocycles. The van der Waals surface area contributed by atoms with Crippen LogP contribution < -0.4 is 10.6 Å². The molecule has 0 bridgehead atoms. The molecule has 0 saturated carbocycles. The van der Waals surface area contributed by atoms with Gasteiger partial charge in [-0.3, -0.25) is 10.4 Å². The maximum absolute atomic E-state index is 11.9. The molecule has 1 aromatic heterocycles. The number of fused-ring (bicyclic) bond motifs is 1. The molecule has 3 N–H and O–H groups in total. The van der Waals surface area contributed by atoms with Crippen molar-refractivity contribution >= 4 is 28.4 Å². The summed E-state index contributed by atoms with van der Waals surface area (Å²) in [5, 5.41) is 13.9. The lowest BCUT2D eigenvalue weighted by molar-refractivity contribution is 0.262. The number of H-pyrrole nitrogens is 1. The van der Waals surface area contributed by atoms with Gasteiger partial charge in [-0.1, -0.05) is 36.4 Å². The smallest absolute Gasteiger partial charge is 0.307 e. The van der Waals surface area contributed by atoms with Crippen LogP contribution in [0.4, 0.5) is 16.4 Å². The summed E-state index contributed by atoms with van der Waals surface area (Å²) in [4.78, 5) is 15.9. The molecule has 6 nitrogen and oxygen atoms in total. The Balaban J connectivity index is 1.81. The molecule has 0 unspecified atom stereocenters. The van der Waals surface area contributed by atoms with Crippen molar-refractivity contribution in [2.24, 2.45) is 0 Å². The van der Waals surface area contributed by atoms with E-state index < -0.39 is 0 Å². The summed E-state index contributed by atoms with van der Waals surface area (Å²) in [6.07, 6.45) is 0. The highest BCUT2D eigenvalue weighted by Crippen LogP contribution is 2.22. The third-order valence-corrected chi connectivity index (χ3v) is 2.86. The zero-order valence-corrected chi connectivity index (χ0v) is 10.8. The van der Waals surface area contributed by atoms with E-state index in [9.17, 15) is 4.79 Å². The number of amides is 2. The van der Waals surface area contributed by atoms with Crippen molar-refractivity contribution < 1.29 is 4.79 Å². The predicted molar refractivity (Wildman–Crippen MR) is 77.7 cm³/mol. The molecule has 6 heteroatoms. The normalized spacial score (nSPS) is 10.4. The van der Waals surface area contributed by atoms with Crippen LogP contribution in [0.15, 0.2) is 42.5 Å². The molecule has 1 heterocycles. The van der Waals surface area contributed by atoms with Gasteiger partial charge in [0.2, 0.25) is 5.95 Å². The van der Waals surface area contributed by atoms with Crippen LogP contribution in [0.2, 0.25) is 0 Å². The Morgan fingerprint density at radius 1 is 1.10 bits per heavy atom. The molecule has 0 saturated heterocycles. The predicted octanol–water partition coefficient (Wildman–Crippen LogP) is 2.91. The average Bonchev–Trinajstić information content (AvgIpc) is 2.84. The quantitative estimate of drug-likeness (QED) is 0.667. The molecular formula is C14H13N5O. The van der Waals surface area contributed by atoms with Gasteiger partial charge in [-0.2, -0.15) is 4.98 Å². The van der Waals surface area contributed by atoms with Crippen LogP contribution in [0.1, 0.15) is 5.82 Å².